The van der Waals surface area contributed by atoms with E-state index in [1.54, 1.807) is 6.20 Å². The van der Waals surface area contributed by atoms with Gasteiger partial charge in [0.05, 0.1) is 12.0 Å². The van der Waals surface area contributed by atoms with Gasteiger partial charge in [-0.2, -0.15) is 0 Å². The SMILES string of the molecule is C[C@@H](CNCc1ccccc1OCc1ccccn1)Cn1ccnc1. The van der Waals surface area contributed by atoms with Crippen molar-refractivity contribution in [2.24, 2.45) is 5.92 Å². The molecule has 0 aliphatic rings. The fraction of sp³-hybridized carbons (Fsp3) is 0.300. The van der Waals surface area contributed by atoms with Crippen molar-refractivity contribution in [2.75, 3.05) is 6.54 Å². The average molecular weight is 336 g/mol. The Morgan fingerprint density at radius 1 is 1.12 bits per heavy atom. The molecule has 0 bridgehead atoms. The minimum absolute atomic E-state index is 0.481. The second-order valence-electron chi connectivity index (χ2n) is 6.21. The highest BCUT2D eigenvalue weighted by Crippen LogP contribution is 2.19. The maximum Gasteiger partial charge on any atom is 0.130 e. The van der Waals surface area contributed by atoms with E-state index in [2.05, 4.69) is 32.8 Å². The number of hydrogen-bond acceptors (Lipinski definition) is 4. The third-order valence-corrected chi connectivity index (χ3v) is 3.96. The molecule has 25 heavy (non-hydrogen) atoms. The van der Waals surface area contributed by atoms with Crippen molar-refractivity contribution in [2.45, 2.75) is 26.6 Å². The van der Waals surface area contributed by atoms with Gasteiger partial charge in [-0.25, -0.2) is 4.98 Å². The van der Waals surface area contributed by atoms with Crippen LogP contribution in [0.4, 0.5) is 0 Å². The fourth-order valence-electron chi connectivity index (χ4n) is 2.70. The van der Waals surface area contributed by atoms with E-state index in [9.17, 15) is 0 Å². The van der Waals surface area contributed by atoms with Gasteiger partial charge < -0.3 is 14.6 Å². The van der Waals surface area contributed by atoms with E-state index in [0.717, 1.165) is 36.6 Å². The zero-order valence-corrected chi connectivity index (χ0v) is 14.5. The summed E-state index contributed by atoms with van der Waals surface area (Å²) in [4.78, 5) is 8.38. The zero-order chi connectivity index (χ0) is 17.3. The predicted octanol–water partition coefficient (Wildman–Crippen LogP) is 3.28. The molecule has 0 saturated carbocycles. The van der Waals surface area contributed by atoms with Crippen molar-refractivity contribution >= 4 is 0 Å². The number of nitrogens with zero attached hydrogens (tertiary/aromatic N) is 3. The van der Waals surface area contributed by atoms with E-state index in [1.165, 1.54) is 0 Å². The Morgan fingerprint density at radius 2 is 2.00 bits per heavy atom. The van der Waals surface area contributed by atoms with Gasteiger partial charge in [0.15, 0.2) is 0 Å². The van der Waals surface area contributed by atoms with E-state index < -0.39 is 0 Å². The molecule has 130 valence electrons. The van der Waals surface area contributed by atoms with Gasteiger partial charge in [-0.3, -0.25) is 4.98 Å². The van der Waals surface area contributed by atoms with Crippen LogP contribution >= 0.6 is 0 Å². The molecule has 1 N–H and O–H groups in total. The predicted molar refractivity (Wildman–Crippen MR) is 98.1 cm³/mol. The third-order valence-electron chi connectivity index (χ3n) is 3.96. The molecule has 3 aromatic rings. The van der Waals surface area contributed by atoms with Crippen LogP contribution in [0.25, 0.3) is 0 Å². The number of nitrogens with one attached hydrogen (secondary N) is 1. The molecule has 1 aromatic carbocycles. The van der Waals surface area contributed by atoms with Crippen LogP contribution < -0.4 is 10.1 Å². The molecule has 0 spiro atoms. The van der Waals surface area contributed by atoms with Gasteiger partial charge in [0.1, 0.15) is 12.4 Å². The van der Waals surface area contributed by atoms with Crippen LogP contribution in [0.3, 0.4) is 0 Å². The highest BCUT2D eigenvalue weighted by atomic mass is 16.5. The van der Waals surface area contributed by atoms with Gasteiger partial charge in [0.25, 0.3) is 0 Å². The first-order chi connectivity index (χ1) is 12.3. The minimum atomic E-state index is 0.481. The molecule has 1 atom stereocenters. The number of pyridine rings is 1. The lowest BCUT2D eigenvalue weighted by Gasteiger charge is -2.15. The second kappa shape index (κ2) is 8.99. The number of ether oxygens (including phenoxy) is 1. The zero-order valence-electron chi connectivity index (χ0n) is 14.5. The molecule has 2 heterocycles. The van der Waals surface area contributed by atoms with Gasteiger partial charge in [-0.1, -0.05) is 31.2 Å². The molecule has 5 heteroatoms. The van der Waals surface area contributed by atoms with E-state index in [4.69, 9.17) is 4.74 Å². The lowest BCUT2D eigenvalue weighted by Crippen LogP contribution is -2.23. The Morgan fingerprint density at radius 3 is 2.80 bits per heavy atom. The highest BCUT2D eigenvalue weighted by molar-refractivity contribution is 5.33. The van der Waals surface area contributed by atoms with Gasteiger partial charge >= 0.3 is 0 Å². The first-order valence-electron chi connectivity index (χ1n) is 8.58. The van der Waals surface area contributed by atoms with E-state index >= 15 is 0 Å². The quantitative estimate of drug-likeness (QED) is 0.651. The average Bonchev–Trinajstić information content (AvgIpc) is 3.15. The van der Waals surface area contributed by atoms with E-state index in [0.29, 0.717) is 12.5 Å². The summed E-state index contributed by atoms with van der Waals surface area (Å²) >= 11 is 0. The van der Waals surface area contributed by atoms with Gasteiger partial charge in [-0.05, 0) is 30.7 Å². The molecule has 3 rings (SSSR count). The van der Waals surface area contributed by atoms with Gasteiger partial charge in [-0.15, -0.1) is 0 Å². The summed E-state index contributed by atoms with van der Waals surface area (Å²) in [6.07, 6.45) is 7.46. The second-order valence-corrected chi connectivity index (χ2v) is 6.21. The Kier molecular flexibility index (Phi) is 6.17. The number of imidazole rings is 1. The Labute approximate surface area is 148 Å². The molecule has 0 aliphatic carbocycles. The number of rotatable bonds is 9. The molecule has 0 saturated heterocycles. The lowest BCUT2D eigenvalue weighted by atomic mass is 10.1. The van der Waals surface area contributed by atoms with Crippen LogP contribution in [0.15, 0.2) is 67.4 Å². The Hall–Kier alpha value is -2.66. The molecule has 5 nitrogen and oxygen atoms in total. The molecule has 2 aromatic heterocycles. The molecular formula is C20H24N4O. The maximum atomic E-state index is 5.95. The molecule has 0 amide bonds. The summed E-state index contributed by atoms with van der Waals surface area (Å²) in [5, 5.41) is 3.52. The highest BCUT2D eigenvalue weighted by Gasteiger charge is 2.06. The molecule has 0 unspecified atom stereocenters. The molecule has 0 radical (unpaired) electrons. The van der Waals surface area contributed by atoms with Crippen LogP contribution in [-0.4, -0.2) is 21.1 Å². The van der Waals surface area contributed by atoms with Gasteiger partial charge in [0.2, 0.25) is 0 Å². The van der Waals surface area contributed by atoms with Crippen molar-refractivity contribution in [1.82, 2.24) is 19.9 Å². The number of para-hydroxylation sites is 1. The number of benzene rings is 1. The monoisotopic (exact) mass is 336 g/mol. The number of hydrogen-bond donors (Lipinski definition) is 1. The van der Waals surface area contributed by atoms with Gasteiger partial charge in [0, 0.05) is 37.2 Å². The molecular weight excluding hydrogens is 312 g/mol. The van der Waals surface area contributed by atoms with Crippen LogP contribution in [0.1, 0.15) is 18.2 Å². The number of aromatic nitrogens is 3. The van der Waals surface area contributed by atoms with E-state index in [1.807, 2.05) is 55.1 Å². The van der Waals surface area contributed by atoms with Crippen LogP contribution in [0.5, 0.6) is 5.75 Å². The fourth-order valence-corrected chi connectivity index (χ4v) is 2.70. The topological polar surface area (TPSA) is 52.0 Å². The summed E-state index contributed by atoms with van der Waals surface area (Å²) < 4.78 is 8.06. The minimum Gasteiger partial charge on any atom is -0.487 e. The lowest BCUT2D eigenvalue weighted by molar-refractivity contribution is 0.297. The van der Waals surface area contributed by atoms with Crippen molar-refractivity contribution in [3.05, 3.63) is 78.6 Å². The van der Waals surface area contributed by atoms with Crippen molar-refractivity contribution in [3.8, 4) is 5.75 Å². The molecule has 0 aliphatic heterocycles. The smallest absolute Gasteiger partial charge is 0.130 e. The summed E-state index contributed by atoms with van der Waals surface area (Å²) in [6, 6.07) is 14.0. The van der Waals surface area contributed by atoms with Crippen molar-refractivity contribution in [3.63, 3.8) is 0 Å². The van der Waals surface area contributed by atoms with Crippen molar-refractivity contribution < 1.29 is 4.74 Å². The van der Waals surface area contributed by atoms with E-state index in [-0.39, 0.29) is 0 Å². The Balaban J connectivity index is 1.49. The first kappa shape index (κ1) is 17.2. The maximum absolute atomic E-state index is 5.95. The summed E-state index contributed by atoms with van der Waals surface area (Å²) in [5.74, 6) is 1.43. The third kappa shape index (κ3) is 5.43. The largest absolute Gasteiger partial charge is 0.487 e. The van der Waals surface area contributed by atoms with Crippen molar-refractivity contribution in [1.29, 1.82) is 0 Å². The first-order valence-corrected chi connectivity index (χ1v) is 8.58. The van der Waals surface area contributed by atoms with Crippen LogP contribution in [-0.2, 0) is 19.7 Å². The summed E-state index contributed by atoms with van der Waals surface area (Å²) in [7, 11) is 0. The van der Waals surface area contributed by atoms with Crippen LogP contribution in [0, 0.1) is 5.92 Å². The summed E-state index contributed by atoms with van der Waals surface area (Å²) in [5.41, 5.74) is 2.09. The standard InChI is InChI=1S/C20H24N4O/c1-17(14-24-11-10-21-16-24)12-22-13-18-6-2-3-8-20(18)25-15-19-7-4-5-9-23-19/h2-11,16-17,22H,12-15H2,1H3/t17-/m0/s1. The summed E-state index contributed by atoms with van der Waals surface area (Å²) in [6.45, 7) is 5.40. The normalized spacial score (nSPS) is 12.0. The molecule has 0 fully saturated rings. The van der Waals surface area contributed by atoms with Crippen LogP contribution in [0.2, 0.25) is 0 Å². The Bertz CT molecular complexity index is 743.